The number of rotatable bonds is 4. The van der Waals surface area contributed by atoms with Crippen molar-refractivity contribution >= 4 is 34.8 Å². The zero-order chi connectivity index (χ0) is 19.6. The Labute approximate surface area is 158 Å². The summed E-state index contributed by atoms with van der Waals surface area (Å²) in [4.78, 5) is 37.9. The molecule has 1 unspecified atom stereocenters. The van der Waals surface area contributed by atoms with E-state index in [1.807, 2.05) is 32.0 Å². The molecular weight excluding hydrogens is 342 g/mol. The molecule has 0 aromatic heterocycles. The van der Waals surface area contributed by atoms with Gasteiger partial charge in [-0.05, 0) is 49.2 Å². The molecule has 2 aromatic rings. The van der Waals surface area contributed by atoms with Crippen LogP contribution in [0.3, 0.4) is 0 Å². The van der Waals surface area contributed by atoms with Gasteiger partial charge in [-0.3, -0.25) is 14.4 Å². The van der Waals surface area contributed by atoms with Crippen molar-refractivity contribution in [3.05, 3.63) is 53.6 Å². The summed E-state index contributed by atoms with van der Waals surface area (Å²) in [5.74, 6) is -0.846. The number of hydrogen-bond donors (Lipinski definition) is 2. The molecule has 3 rings (SSSR count). The third-order valence-electron chi connectivity index (χ3n) is 4.62. The van der Waals surface area contributed by atoms with Crippen molar-refractivity contribution in [2.24, 2.45) is 5.92 Å². The maximum atomic E-state index is 12.7. The predicted octanol–water partition coefficient (Wildman–Crippen LogP) is 3.25. The maximum absolute atomic E-state index is 12.7. The Bertz CT molecular complexity index is 907. The molecule has 6 heteroatoms. The Kier molecular flexibility index (Phi) is 5.26. The Morgan fingerprint density at radius 2 is 1.85 bits per heavy atom. The van der Waals surface area contributed by atoms with Crippen molar-refractivity contribution in [2.75, 3.05) is 22.1 Å². The van der Waals surface area contributed by atoms with E-state index < -0.39 is 5.92 Å². The Morgan fingerprint density at radius 1 is 1.07 bits per heavy atom. The molecule has 0 spiro atoms. The topological polar surface area (TPSA) is 78.5 Å². The van der Waals surface area contributed by atoms with Crippen LogP contribution in [0, 0.1) is 19.8 Å². The molecule has 27 heavy (non-hydrogen) atoms. The van der Waals surface area contributed by atoms with Crippen molar-refractivity contribution in [3.8, 4) is 0 Å². The summed E-state index contributed by atoms with van der Waals surface area (Å²) in [5, 5.41) is 5.65. The monoisotopic (exact) mass is 365 g/mol. The van der Waals surface area contributed by atoms with Crippen LogP contribution in [0.2, 0.25) is 0 Å². The highest BCUT2D eigenvalue weighted by Crippen LogP contribution is 2.28. The fourth-order valence-electron chi connectivity index (χ4n) is 3.19. The molecule has 2 N–H and O–H groups in total. The van der Waals surface area contributed by atoms with Crippen molar-refractivity contribution in [2.45, 2.75) is 27.2 Å². The summed E-state index contributed by atoms with van der Waals surface area (Å²) in [6.45, 7) is 5.66. The van der Waals surface area contributed by atoms with E-state index in [2.05, 4.69) is 10.6 Å². The van der Waals surface area contributed by atoms with E-state index in [4.69, 9.17) is 0 Å². The molecule has 1 atom stereocenters. The second kappa shape index (κ2) is 7.61. The Morgan fingerprint density at radius 3 is 2.59 bits per heavy atom. The SMILES string of the molecule is CC(=O)Nc1cccc(N2CC(C(=O)Nc3cc(C)ccc3C)CC2=O)c1. The van der Waals surface area contributed by atoms with Gasteiger partial charge in [0, 0.05) is 37.0 Å². The number of anilines is 3. The van der Waals surface area contributed by atoms with Crippen LogP contribution in [0.15, 0.2) is 42.5 Å². The fourth-order valence-corrected chi connectivity index (χ4v) is 3.19. The lowest BCUT2D eigenvalue weighted by Gasteiger charge is -2.18. The van der Waals surface area contributed by atoms with Crippen LogP contribution < -0.4 is 15.5 Å². The second-order valence-corrected chi connectivity index (χ2v) is 6.94. The van der Waals surface area contributed by atoms with Gasteiger partial charge in [0.15, 0.2) is 0 Å². The van der Waals surface area contributed by atoms with Crippen molar-refractivity contribution in [1.29, 1.82) is 0 Å². The number of carbonyl (C=O) groups excluding carboxylic acids is 3. The number of nitrogens with one attached hydrogen (secondary N) is 2. The Balaban J connectivity index is 1.72. The van der Waals surface area contributed by atoms with Gasteiger partial charge in [-0.2, -0.15) is 0 Å². The van der Waals surface area contributed by atoms with Crippen LogP contribution in [-0.2, 0) is 14.4 Å². The van der Waals surface area contributed by atoms with Gasteiger partial charge < -0.3 is 15.5 Å². The smallest absolute Gasteiger partial charge is 0.229 e. The molecule has 1 aliphatic rings. The number of amides is 3. The predicted molar refractivity (Wildman–Crippen MR) is 106 cm³/mol. The number of carbonyl (C=O) groups is 3. The van der Waals surface area contributed by atoms with Gasteiger partial charge in [-0.1, -0.05) is 18.2 Å². The summed E-state index contributed by atoms with van der Waals surface area (Å²) in [7, 11) is 0. The van der Waals surface area contributed by atoms with E-state index in [0.29, 0.717) is 17.9 Å². The first-order chi connectivity index (χ1) is 12.8. The van der Waals surface area contributed by atoms with E-state index in [-0.39, 0.29) is 24.1 Å². The quantitative estimate of drug-likeness (QED) is 0.873. The highest BCUT2D eigenvalue weighted by atomic mass is 16.2. The minimum Gasteiger partial charge on any atom is -0.326 e. The van der Waals surface area contributed by atoms with Crippen molar-refractivity contribution in [1.82, 2.24) is 0 Å². The molecule has 1 fully saturated rings. The van der Waals surface area contributed by atoms with Crippen molar-refractivity contribution in [3.63, 3.8) is 0 Å². The lowest BCUT2D eigenvalue weighted by Crippen LogP contribution is -2.28. The van der Waals surface area contributed by atoms with Gasteiger partial charge in [0.2, 0.25) is 17.7 Å². The van der Waals surface area contributed by atoms with Gasteiger partial charge >= 0.3 is 0 Å². The molecule has 140 valence electrons. The summed E-state index contributed by atoms with van der Waals surface area (Å²) in [5.41, 5.74) is 4.12. The first-order valence-corrected chi connectivity index (χ1v) is 8.89. The third kappa shape index (κ3) is 4.34. The van der Waals surface area contributed by atoms with Gasteiger partial charge in [0.05, 0.1) is 5.92 Å². The Hall–Kier alpha value is -3.15. The molecule has 1 heterocycles. The van der Waals surface area contributed by atoms with Crippen LogP contribution in [0.4, 0.5) is 17.1 Å². The average Bonchev–Trinajstić information content (AvgIpc) is 3.00. The normalized spacial score (nSPS) is 16.3. The average molecular weight is 365 g/mol. The van der Waals surface area contributed by atoms with Gasteiger partial charge in [-0.15, -0.1) is 0 Å². The summed E-state index contributed by atoms with van der Waals surface area (Å²) < 4.78 is 0. The summed E-state index contributed by atoms with van der Waals surface area (Å²) >= 11 is 0. The molecule has 0 bridgehead atoms. The van der Waals surface area contributed by atoms with Gasteiger partial charge in [0.25, 0.3) is 0 Å². The van der Waals surface area contributed by atoms with E-state index in [1.165, 1.54) is 6.92 Å². The maximum Gasteiger partial charge on any atom is 0.229 e. The number of nitrogens with zero attached hydrogens (tertiary/aromatic N) is 1. The summed E-state index contributed by atoms with van der Waals surface area (Å²) in [6, 6.07) is 13.0. The first kappa shape index (κ1) is 18.6. The zero-order valence-electron chi connectivity index (χ0n) is 15.7. The first-order valence-electron chi connectivity index (χ1n) is 8.89. The minimum atomic E-state index is -0.415. The molecule has 1 saturated heterocycles. The molecule has 0 radical (unpaired) electrons. The van der Waals surface area contributed by atoms with Gasteiger partial charge in [-0.25, -0.2) is 0 Å². The number of aryl methyl sites for hydroxylation is 2. The standard InChI is InChI=1S/C21H23N3O3/c1-13-7-8-14(2)19(9-13)23-21(27)16-10-20(26)24(12-16)18-6-4-5-17(11-18)22-15(3)25/h4-9,11,16H,10,12H2,1-3H3,(H,22,25)(H,23,27). The molecular formula is C21H23N3O3. The lowest BCUT2D eigenvalue weighted by atomic mass is 10.1. The van der Waals surface area contributed by atoms with E-state index >= 15 is 0 Å². The third-order valence-corrected chi connectivity index (χ3v) is 4.62. The van der Waals surface area contributed by atoms with E-state index in [0.717, 1.165) is 16.8 Å². The fraction of sp³-hybridized carbons (Fsp3) is 0.286. The largest absolute Gasteiger partial charge is 0.326 e. The molecule has 1 aliphatic heterocycles. The zero-order valence-corrected chi connectivity index (χ0v) is 15.7. The highest BCUT2D eigenvalue weighted by Gasteiger charge is 2.35. The van der Waals surface area contributed by atoms with Crippen LogP contribution >= 0.6 is 0 Å². The lowest BCUT2D eigenvalue weighted by molar-refractivity contribution is -0.122. The number of hydrogen-bond acceptors (Lipinski definition) is 3. The molecule has 0 aliphatic carbocycles. The van der Waals surface area contributed by atoms with E-state index in [1.54, 1.807) is 29.2 Å². The van der Waals surface area contributed by atoms with Crippen LogP contribution in [0.25, 0.3) is 0 Å². The van der Waals surface area contributed by atoms with Crippen LogP contribution in [0.5, 0.6) is 0 Å². The molecule has 0 saturated carbocycles. The highest BCUT2D eigenvalue weighted by molar-refractivity contribution is 6.04. The van der Waals surface area contributed by atoms with E-state index in [9.17, 15) is 14.4 Å². The second-order valence-electron chi connectivity index (χ2n) is 6.94. The van der Waals surface area contributed by atoms with Crippen LogP contribution in [-0.4, -0.2) is 24.3 Å². The minimum absolute atomic E-state index is 0.101. The molecule has 2 aromatic carbocycles. The summed E-state index contributed by atoms with van der Waals surface area (Å²) in [6.07, 6.45) is 0.168. The van der Waals surface area contributed by atoms with Crippen LogP contribution in [0.1, 0.15) is 24.5 Å². The number of benzene rings is 2. The molecule has 6 nitrogen and oxygen atoms in total. The molecule has 3 amide bonds. The van der Waals surface area contributed by atoms with Gasteiger partial charge in [0.1, 0.15) is 0 Å². The van der Waals surface area contributed by atoms with Crippen molar-refractivity contribution < 1.29 is 14.4 Å².